The fraction of sp³-hybridized carbons (Fsp3) is 0.500. The molecule has 0 bridgehead atoms. The highest BCUT2D eigenvalue weighted by atomic mass is 19.1. The Labute approximate surface area is 130 Å². The Morgan fingerprint density at radius 2 is 2.36 bits per heavy atom. The molecule has 118 valence electrons. The van der Waals surface area contributed by atoms with Crippen LogP contribution in [0.3, 0.4) is 0 Å². The van der Waals surface area contributed by atoms with Crippen molar-refractivity contribution in [3.8, 4) is 0 Å². The van der Waals surface area contributed by atoms with Gasteiger partial charge in [0.2, 0.25) is 5.60 Å². The number of nitrogens with zero attached hydrogens (tertiary/aromatic N) is 1. The highest BCUT2D eigenvalue weighted by Gasteiger charge is 2.55. The van der Waals surface area contributed by atoms with E-state index in [0.29, 0.717) is 18.3 Å². The first-order valence-corrected chi connectivity index (χ1v) is 7.85. The minimum Gasteiger partial charge on any atom is -0.489 e. The SMILES string of the molecule is C=C(OCc1cccc(F)c1)C12CCCC1C(C(C)C)=NO2. The van der Waals surface area contributed by atoms with Gasteiger partial charge in [0.25, 0.3) is 0 Å². The lowest BCUT2D eigenvalue weighted by Gasteiger charge is -2.29. The fourth-order valence-corrected chi connectivity index (χ4v) is 3.48. The van der Waals surface area contributed by atoms with Crippen LogP contribution >= 0.6 is 0 Å². The van der Waals surface area contributed by atoms with Crippen LogP contribution in [-0.4, -0.2) is 11.3 Å². The highest BCUT2D eigenvalue weighted by Crippen LogP contribution is 2.49. The van der Waals surface area contributed by atoms with Crippen molar-refractivity contribution in [2.24, 2.45) is 17.0 Å². The van der Waals surface area contributed by atoms with Gasteiger partial charge in [0.1, 0.15) is 18.2 Å². The fourth-order valence-electron chi connectivity index (χ4n) is 3.48. The van der Waals surface area contributed by atoms with Gasteiger partial charge in [-0.1, -0.05) is 37.7 Å². The zero-order chi connectivity index (χ0) is 15.7. The third-order valence-electron chi connectivity index (χ3n) is 4.64. The Morgan fingerprint density at radius 1 is 1.55 bits per heavy atom. The van der Waals surface area contributed by atoms with Gasteiger partial charge in [0.05, 0.1) is 11.6 Å². The predicted octanol–water partition coefficient (Wildman–Crippen LogP) is 4.44. The molecule has 1 aliphatic heterocycles. The Balaban J connectivity index is 1.70. The van der Waals surface area contributed by atoms with Crippen molar-refractivity contribution in [2.45, 2.75) is 45.3 Å². The van der Waals surface area contributed by atoms with Crippen LogP contribution in [0.1, 0.15) is 38.7 Å². The van der Waals surface area contributed by atoms with Crippen LogP contribution < -0.4 is 0 Å². The molecule has 4 heteroatoms. The standard InChI is InChI=1S/C18H22FNO2/c1-12(2)17-16-8-5-9-18(16,22-20-17)13(3)21-11-14-6-4-7-15(19)10-14/h4,6-7,10,12,16H,3,5,8-9,11H2,1-2H3. The van der Waals surface area contributed by atoms with Crippen LogP contribution in [0.5, 0.6) is 0 Å². The van der Waals surface area contributed by atoms with E-state index < -0.39 is 5.60 Å². The Hall–Kier alpha value is -1.84. The molecular weight excluding hydrogens is 281 g/mol. The van der Waals surface area contributed by atoms with Crippen LogP contribution in [-0.2, 0) is 16.2 Å². The molecule has 3 rings (SSSR count). The molecule has 0 saturated heterocycles. The van der Waals surface area contributed by atoms with Crippen LogP contribution in [0, 0.1) is 17.7 Å². The van der Waals surface area contributed by atoms with Gasteiger partial charge in [-0.15, -0.1) is 0 Å². The number of fused-ring (bicyclic) bond motifs is 1. The van der Waals surface area contributed by atoms with E-state index in [1.54, 1.807) is 6.07 Å². The first-order chi connectivity index (χ1) is 10.5. The number of hydrogen-bond acceptors (Lipinski definition) is 3. The van der Waals surface area contributed by atoms with E-state index in [4.69, 9.17) is 9.57 Å². The topological polar surface area (TPSA) is 30.8 Å². The minimum atomic E-state index is -0.521. The van der Waals surface area contributed by atoms with Gasteiger partial charge in [0.15, 0.2) is 0 Å². The third kappa shape index (κ3) is 2.51. The van der Waals surface area contributed by atoms with Crippen molar-refractivity contribution >= 4 is 5.71 Å². The molecule has 0 radical (unpaired) electrons. The first-order valence-electron chi connectivity index (χ1n) is 7.85. The van der Waals surface area contributed by atoms with E-state index in [2.05, 4.69) is 25.6 Å². The van der Waals surface area contributed by atoms with E-state index in [1.807, 2.05) is 6.07 Å². The number of hydrogen-bond donors (Lipinski definition) is 0. The van der Waals surface area contributed by atoms with Crippen molar-refractivity contribution in [2.75, 3.05) is 0 Å². The van der Waals surface area contributed by atoms with Crippen molar-refractivity contribution in [3.05, 3.63) is 48.0 Å². The molecular formula is C18H22FNO2. The molecule has 2 aliphatic rings. The maximum atomic E-state index is 13.2. The summed E-state index contributed by atoms with van der Waals surface area (Å²) in [6.07, 6.45) is 3.01. The second kappa shape index (κ2) is 5.75. The summed E-state index contributed by atoms with van der Waals surface area (Å²) in [5.41, 5.74) is 1.37. The van der Waals surface area contributed by atoms with Gasteiger partial charge >= 0.3 is 0 Å². The van der Waals surface area contributed by atoms with E-state index in [-0.39, 0.29) is 11.7 Å². The summed E-state index contributed by atoms with van der Waals surface area (Å²) in [5.74, 6) is 0.971. The van der Waals surface area contributed by atoms with Gasteiger partial charge in [0, 0.05) is 0 Å². The van der Waals surface area contributed by atoms with E-state index >= 15 is 0 Å². The summed E-state index contributed by atoms with van der Waals surface area (Å²) in [6, 6.07) is 6.42. The molecule has 2 atom stereocenters. The first kappa shape index (κ1) is 15.1. The lowest BCUT2D eigenvalue weighted by atomic mass is 9.82. The summed E-state index contributed by atoms with van der Waals surface area (Å²) in [6.45, 7) is 8.65. The maximum Gasteiger partial charge on any atom is 0.201 e. The zero-order valence-corrected chi connectivity index (χ0v) is 13.1. The average Bonchev–Trinajstić information content (AvgIpc) is 3.03. The molecule has 1 aliphatic carbocycles. The number of halogens is 1. The summed E-state index contributed by atoms with van der Waals surface area (Å²) in [4.78, 5) is 5.80. The molecule has 1 aromatic carbocycles. The lowest BCUT2D eigenvalue weighted by molar-refractivity contribution is -0.0472. The largest absolute Gasteiger partial charge is 0.489 e. The summed E-state index contributed by atoms with van der Waals surface area (Å²) in [5, 5.41) is 4.30. The second-order valence-corrected chi connectivity index (χ2v) is 6.44. The van der Waals surface area contributed by atoms with Crippen molar-refractivity contribution < 1.29 is 14.0 Å². The molecule has 22 heavy (non-hydrogen) atoms. The highest BCUT2D eigenvalue weighted by molar-refractivity contribution is 5.91. The average molecular weight is 303 g/mol. The molecule has 3 nitrogen and oxygen atoms in total. The van der Waals surface area contributed by atoms with Gasteiger partial charge in [-0.05, 0) is 42.9 Å². The van der Waals surface area contributed by atoms with Crippen molar-refractivity contribution in [1.29, 1.82) is 0 Å². The van der Waals surface area contributed by atoms with Crippen LogP contribution in [0.2, 0.25) is 0 Å². The smallest absolute Gasteiger partial charge is 0.201 e. The quantitative estimate of drug-likeness (QED) is 0.753. The van der Waals surface area contributed by atoms with Crippen LogP contribution in [0.25, 0.3) is 0 Å². The van der Waals surface area contributed by atoms with Crippen molar-refractivity contribution in [3.63, 3.8) is 0 Å². The molecule has 1 saturated carbocycles. The minimum absolute atomic E-state index is 0.257. The van der Waals surface area contributed by atoms with E-state index in [9.17, 15) is 4.39 Å². The summed E-state index contributed by atoms with van der Waals surface area (Å²) < 4.78 is 19.1. The molecule has 0 aromatic heterocycles. The molecule has 1 aromatic rings. The molecule has 1 fully saturated rings. The monoisotopic (exact) mass is 303 g/mol. The Kier molecular flexibility index (Phi) is 3.94. The maximum absolute atomic E-state index is 13.2. The van der Waals surface area contributed by atoms with E-state index in [1.165, 1.54) is 12.1 Å². The van der Waals surface area contributed by atoms with Gasteiger partial charge in [-0.25, -0.2) is 4.39 Å². The molecule has 0 spiro atoms. The zero-order valence-electron chi connectivity index (χ0n) is 13.1. The second-order valence-electron chi connectivity index (χ2n) is 6.44. The molecule has 2 unspecified atom stereocenters. The van der Waals surface area contributed by atoms with Gasteiger partial charge in [-0.3, -0.25) is 0 Å². The molecule has 0 amide bonds. The summed E-state index contributed by atoms with van der Waals surface area (Å²) >= 11 is 0. The number of benzene rings is 1. The normalized spacial score (nSPS) is 26.5. The molecule has 1 heterocycles. The number of ether oxygens (including phenoxy) is 1. The van der Waals surface area contributed by atoms with E-state index in [0.717, 1.165) is 30.5 Å². The van der Waals surface area contributed by atoms with Gasteiger partial charge in [-0.2, -0.15) is 0 Å². The van der Waals surface area contributed by atoms with Crippen molar-refractivity contribution in [1.82, 2.24) is 0 Å². The Bertz CT molecular complexity index is 611. The Morgan fingerprint density at radius 3 is 3.09 bits per heavy atom. The van der Waals surface area contributed by atoms with Gasteiger partial charge < -0.3 is 9.57 Å². The summed E-state index contributed by atoms with van der Waals surface area (Å²) in [7, 11) is 0. The van der Waals surface area contributed by atoms with Crippen LogP contribution in [0.15, 0.2) is 41.8 Å². The van der Waals surface area contributed by atoms with Crippen LogP contribution in [0.4, 0.5) is 4.39 Å². The third-order valence-corrected chi connectivity index (χ3v) is 4.64. The predicted molar refractivity (Wildman–Crippen MR) is 83.8 cm³/mol. The lowest BCUT2D eigenvalue weighted by Crippen LogP contribution is -2.38. The molecule has 0 N–H and O–H groups in total. The number of oxime groups is 1. The number of rotatable bonds is 5.